The summed E-state index contributed by atoms with van der Waals surface area (Å²) in [5, 5.41) is 9.12. The van der Waals surface area contributed by atoms with Gasteiger partial charge in [-0.15, -0.1) is 0 Å². The van der Waals surface area contributed by atoms with Crippen molar-refractivity contribution in [3.8, 4) is 5.69 Å². The molecule has 3 rings (SSSR count). The molecule has 0 aliphatic rings. The Labute approximate surface area is 118 Å². The standard InChI is InChI=1S/C16H18N4/c1-12(2)18-11-13-8-10-20(19-13)16-7-3-6-15-14(16)5-4-9-17-15/h3-10,12,18H,11H2,1-2H3. The summed E-state index contributed by atoms with van der Waals surface area (Å²) in [6, 6.07) is 12.6. The van der Waals surface area contributed by atoms with Gasteiger partial charge in [-0.05, 0) is 30.3 Å². The zero-order valence-corrected chi connectivity index (χ0v) is 11.7. The topological polar surface area (TPSA) is 42.7 Å². The summed E-state index contributed by atoms with van der Waals surface area (Å²) in [4.78, 5) is 4.38. The number of nitrogens with one attached hydrogen (secondary N) is 1. The molecular weight excluding hydrogens is 248 g/mol. The monoisotopic (exact) mass is 266 g/mol. The van der Waals surface area contributed by atoms with Gasteiger partial charge >= 0.3 is 0 Å². The molecule has 0 saturated carbocycles. The van der Waals surface area contributed by atoms with Crippen LogP contribution in [0.5, 0.6) is 0 Å². The van der Waals surface area contributed by atoms with Crippen LogP contribution in [0.25, 0.3) is 16.6 Å². The molecule has 4 heteroatoms. The van der Waals surface area contributed by atoms with Crippen molar-refractivity contribution in [1.29, 1.82) is 0 Å². The van der Waals surface area contributed by atoms with Crippen molar-refractivity contribution in [1.82, 2.24) is 20.1 Å². The molecule has 0 unspecified atom stereocenters. The molecule has 20 heavy (non-hydrogen) atoms. The van der Waals surface area contributed by atoms with E-state index in [1.54, 1.807) is 0 Å². The van der Waals surface area contributed by atoms with E-state index >= 15 is 0 Å². The lowest BCUT2D eigenvalue weighted by Crippen LogP contribution is -2.22. The van der Waals surface area contributed by atoms with Crippen molar-refractivity contribution >= 4 is 10.9 Å². The van der Waals surface area contributed by atoms with Crippen molar-refractivity contribution in [2.75, 3.05) is 0 Å². The second kappa shape index (κ2) is 5.43. The van der Waals surface area contributed by atoms with E-state index in [4.69, 9.17) is 0 Å². The molecule has 1 aromatic carbocycles. The number of fused-ring (bicyclic) bond motifs is 1. The molecule has 0 atom stereocenters. The number of hydrogen-bond donors (Lipinski definition) is 1. The van der Waals surface area contributed by atoms with Crippen LogP contribution < -0.4 is 5.32 Å². The van der Waals surface area contributed by atoms with E-state index in [9.17, 15) is 0 Å². The van der Waals surface area contributed by atoms with Gasteiger partial charge in [-0.3, -0.25) is 4.98 Å². The Kier molecular flexibility index (Phi) is 3.48. The Morgan fingerprint density at radius 1 is 1.15 bits per heavy atom. The van der Waals surface area contributed by atoms with Gasteiger partial charge in [0, 0.05) is 30.4 Å². The first-order valence-electron chi connectivity index (χ1n) is 6.86. The zero-order valence-electron chi connectivity index (χ0n) is 11.7. The summed E-state index contributed by atoms with van der Waals surface area (Å²) < 4.78 is 1.92. The Morgan fingerprint density at radius 2 is 2.05 bits per heavy atom. The number of rotatable bonds is 4. The molecule has 0 radical (unpaired) electrons. The van der Waals surface area contributed by atoms with Crippen LogP contribution in [0.1, 0.15) is 19.5 Å². The molecule has 0 bridgehead atoms. The van der Waals surface area contributed by atoms with Gasteiger partial charge in [0.1, 0.15) is 0 Å². The lowest BCUT2D eigenvalue weighted by molar-refractivity contribution is 0.578. The fourth-order valence-electron chi connectivity index (χ4n) is 2.19. The molecule has 102 valence electrons. The first-order valence-corrected chi connectivity index (χ1v) is 6.86. The van der Waals surface area contributed by atoms with E-state index in [0.717, 1.165) is 28.8 Å². The molecule has 0 amide bonds. The smallest absolute Gasteiger partial charge is 0.0766 e. The Balaban J connectivity index is 1.95. The normalized spacial score (nSPS) is 11.3. The van der Waals surface area contributed by atoms with Crippen LogP contribution >= 0.6 is 0 Å². The van der Waals surface area contributed by atoms with Crippen molar-refractivity contribution in [3.05, 3.63) is 54.5 Å². The van der Waals surface area contributed by atoms with Gasteiger partial charge in [-0.1, -0.05) is 19.9 Å². The SMILES string of the molecule is CC(C)NCc1ccn(-c2cccc3ncccc23)n1. The van der Waals surface area contributed by atoms with Crippen LogP contribution in [0, 0.1) is 0 Å². The predicted octanol–water partition coefficient (Wildman–Crippen LogP) is 2.92. The highest BCUT2D eigenvalue weighted by molar-refractivity contribution is 5.86. The largest absolute Gasteiger partial charge is 0.309 e. The number of nitrogens with zero attached hydrogens (tertiary/aromatic N) is 3. The van der Waals surface area contributed by atoms with Crippen LogP contribution in [-0.4, -0.2) is 20.8 Å². The summed E-state index contributed by atoms with van der Waals surface area (Å²) in [6.07, 6.45) is 3.81. The quantitative estimate of drug-likeness (QED) is 0.789. The Bertz CT molecular complexity index is 710. The number of pyridine rings is 1. The van der Waals surface area contributed by atoms with Gasteiger partial charge < -0.3 is 5.32 Å². The fourth-order valence-corrected chi connectivity index (χ4v) is 2.19. The molecule has 0 aliphatic heterocycles. The summed E-state index contributed by atoms with van der Waals surface area (Å²) in [5.41, 5.74) is 3.09. The van der Waals surface area contributed by atoms with Crippen LogP contribution in [0.3, 0.4) is 0 Å². The van der Waals surface area contributed by atoms with Gasteiger partial charge in [0.2, 0.25) is 0 Å². The first kappa shape index (κ1) is 12.8. The van der Waals surface area contributed by atoms with E-state index in [2.05, 4.69) is 41.4 Å². The summed E-state index contributed by atoms with van der Waals surface area (Å²) >= 11 is 0. The lowest BCUT2D eigenvalue weighted by atomic mass is 10.2. The number of aromatic nitrogens is 3. The second-order valence-corrected chi connectivity index (χ2v) is 5.13. The molecule has 2 aromatic heterocycles. The lowest BCUT2D eigenvalue weighted by Gasteiger charge is -2.07. The third-order valence-corrected chi connectivity index (χ3v) is 3.21. The molecule has 0 aliphatic carbocycles. The molecule has 0 saturated heterocycles. The molecular formula is C16H18N4. The van der Waals surface area contributed by atoms with Gasteiger partial charge in [0.25, 0.3) is 0 Å². The van der Waals surface area contributed by atoms with Crippen molar-refractivity contribution in [2.24, 2.45) is 0 Å². The molecule has 0 fully saturated rings. The fraction of sp³-hybridized carbons (Fsp3) is 0.250. The maximum Gasteiger partial charge on any atom is 0.0766 e. The maximum absolute atomic E-state index is 4.63. The van der Waals surface area contributed by atoms with Crippen LogP contribution in [-0.2, 0) is 6.54 Å². The minimum atomic E-state index is 0.460. The van der Waals surface area contributed by atoms with Crippen molar-refractivity contribution < 1.29 is 0 Å². The van der Waals surface area contributed by atoms with Crippen molar-refractivity contribution in [2.45, 2.75) is 26.4 Å². The molecule has 4 nitrogen and oxygen atoms in total. The second-order valence-electron chi connectivity index (χ2n) is 5.13. The third-order valence-electron chi connectivity index (χ3n) is 3.21. The highest BCUT2D eigenvalue weighted by atomic mass is 15.3. The van der Waals surface area contributed by atoms with Crippen LogP contribution in [0.15, 0.2) is 48.8 Å². The first-order chi connectivity index (χ1) is 9.74. The van der Waals surface area contributed by atoms with E-state index in [1.807, 2.05) is 41.3 Å². The third kappa shape index (κ3) is 2.56. The highest BCUT2D eigenvalue weighted by Gasteiger charge is 2.06. The number of benzene rings is 1. The minimum Gasteiger partial charge on any atom is -0.309 e. The van der Waals surface area contributed by atoms with E-state index < -0.39 is 0 Å². The van der Waals surface area contributed by atoms with Crippen LogP contribution in [0.4, 0.5) is 0 Å². The van der Waals surface area contributed by atoms with Gasteiger partial charge in [0.15, 0.2) is 0 Å². The predicted molar refractivity (Wildman–Crippen MR) is 80.8 cm³/mol. The van der Waals surface area contributed by atoms with Gasteiger partial charge in [-0.2, -0.15) is 5.10 Å². The molecule has 3 aromatic rings. The van der Waals surface area contributed by atoms with Gasteiger partial charge in [0.05, 0.1) is 16.9 Å². The average molecular weight is 266 g/mol. The summed E-state index contributed by atoms with van der Waals surface area (Å²) in [5.74, 6) is 0. The van der Waals surface area contributed by atoms with E-state index in [0.29, 0.717) is 6.04 Å². The molecule has 2 heterocycles. The average Bonchev–Trinajstić information content (AvgIpc) is 2.93. The zero-order chi connectivity index (χ0) is 13.9. The minimum absolute atomic E-state index is 0.460. The van der Waals surface area contributed by atoms with E-state index in [1.165, 1.54) is 0 Å². The highest BCUT2D eigenvalue weighted by Crippen LogP contribution is 2.19. The molecule has 0 spiro atoms. The summed E-state index contributed by atoms with van der Waals surface area (Å²) in [7, 11) is 0. The Morgan fingerprint density at radius 3 is 2.90 bits per heavy atom. The van der Waals surface area contributed by atoms with E-state index in [-0.39, 0.29) is 0 Å². The Hall–Kier alpha value is -2.20. The van der Waals surface area contributed by atoms with Gasteiger partial charge in [-0.25, -0.2) is 4.68 Å². The summed E-state index contributed by atoms with van der Waals surface area (Å²) in [6.45, 7) is 5.05. The van der Waals surface area contributed by atoms with Crippen LogP contribution in [0.2, 0.25) is 0 Å². The van der Waals surface area contributed by atoms with Crippen molar-refractivity contribution in [3.63, 3.8) is 0 Å². The maximum atomic E-state index is 4.63. The molecule has 1 N–H and O–H groups in total. The number of hydrogen-bond acceptors (Lipinski definition) is 3.